The second kappa shape index (κ2) is 9.95. The molecule has 24 heavy (non-hydrogen) atoms. The van der Waals surface area contributed by atoms with Crippen LogP contribution in [0.4, 0.5) is 0 Å². The maximum Gasteiger partial charge on any atom is 0.191 e. The Morgan fingerprint density at radius 2 is 2.00 bits per heavy atom. The molecule has 0 atom stereocenters. The fourth-order valence-electron chi connectivity index (χ4n) is 2.16. The molecule has 0 radical (unpaired) electrons. The number of methoxy groups -OCH3 is 1. The molecule has 0 saturated heterocycles. The lowest BCUT2D eigenvalue weighted by Crippen LogP contribution is -2.36. The third-order valence-electron chi connectivity index (χ3n) is 3.48. The highest BCUT2D eigenvalue weighted by Crippen LogP contribution is 2.20. The van der Waals surface area contributed by atoms with E-state index in [1.54, 1.807) is 25.5 Å². The zero-order valence-corrected chi connectivity index (χ0v) is 15.3. The molecule has 130 valence electrons. The molecular formula is C18H25N3O2S. The minimum atomic E-state index is 0.540. The summed E-state index contributed by atoms with van der Waals surface area (Å²) in [4.78, 5) is 4.26. The van der Waals surface area contributed by atoms with Gasteiger partial charge in [-0.15, -0.1) is 0 Å². The molecule has 0 spiro atoms. The summed E-state index contributed by atoms with van der Waals surface area (Å²) < 4.78 is 10.9. The van der Waals surface area contributed by atoms with E-state index in [0.29, 0.717) is 19.8 Å². The molecule has 6 heteroatoms. The Hall–Kier alpha value is -2.05. The fourth-order valence-corrected chi connectivity index (χ4v) is 2.82. The van der Waals surface area contributed by atoms with Gasteiger partial charge in [0.1, 0.15) is 12.4 Å². The Morgan fingerprint density at radius 1 is 1.17 bits per heavy atom. The van der Waals surface area contributed by atoms with Gasteiger partial charge in [-0.05, 0) is 40.9 Å². The van der Waals surface area contributed by atoms with E-state index in [4.69, 9.17) is 9.47 Å². The van der Waals surface area contributed by atoms with Crippen molar-refractivity contribution in [3.8, 4) is 5.75 Å². The van der Waals surface area contributed by atoms with Crippen LogP contribution in [0.15, 0.2) is 40.0 Å². The molecule has 0 bridgehead atoms. The number of benzene rings is 1. The number of hydrogen-bond donors (Lipinski definition) is 2. The fraction of sp³-hybridized carbons (Fsp3) is 0.389. The molecular weight excluding hydrogens is 322 g/mol. The van der Waals surface area contributed by atoms with E-state index in [1.807, 2.05) is 6.07 Å². The van der Waals surface area contributed by atoms with Gasteiger partial charge in [-0.25, -0.2) is 0 Å². The van der Waals surface area contributed by atoms with Gasteiger partial charge >= 0.3 is 0 Å². The summed E-state index contributed by atoms with van der Waals surface area (Å²) in [7, 11) is 3.44. The molecule has 0 amide bonds. The zero-order valence-electron chi connectivity index (χ0n) is 14.5. The Kier molecular flexibility index (Phi) is 7.58. The lowest BCUT2D eigenvalue weighted by atomic mass is 10.1. The largest absolute Gasteiger partial charge is 0.491 e. The number of hydrogen-bond acceptors (Lipinski definition) is 4. The maximum absolute atomic E-state index is 5.82. The number of aryl methyl sites for hydroxylation is 1. The molecule has 1 heterocycles. The summed E-state index contributed by atoms with van der Waals surface area (Å²) in [6.07, 6.45) is 0. The topological polar surface area (TPSA) is 54.9 Å². The summed E-state index contributed by atoms with van der Waals surface area (Å²) in [6, 6.07) is 8.32. The standard InChI is InChI=1S/C18H25N3O2S/c1-14-4-5-16(17(10-14)23-8-7-22-3)12-21-18(19-2)20-11-15-6-9-24-13-15/h4-6,9-10,13H,7-8,11-12H2,1-3H3,(H2,19,20,21). The molecule has 2 rings (SSSR count). The van der Waals surface area contributed by atoms with E-state index in [9.17, 15) is 0 Å². The molecule has 0 aliphatic heterocycles. The van der Waals surface area contributed by atoms with Crippen LogP contribution >= 0.6 is 11.3 Å². The molecule has 0 fully saturated rings. The summed E-state index contributed by atoms with van der Waals surface area (Å²) in [6.45, 7) is 4.57. The van der Waals surface area contributed by atoms with E-state index in [-0.39, 0.29) is 0 Å². The van der Waals surface area contributed by atoms with Crippen molar-refractivity contribution in [2.45, 2.75) is 20.0 Å². The molecule has 1 aromatic heterocycles. The molecule has 2 N–H and O–H groups in total. The van der Waals surface area contributed by atoms with E-state index >= 15 is 0 Å². The third-order valence-corrected chi connectivity index (χ3v) is 4.21. The first-order valence-electron chi connectivity index (χ1n) is 7.89. The number of nitrogens with zero attached hydrogens (tertiary/aromatic N) is 1. The van der Waals surface area contributed by atoms with Crippen molar-refractivity contribution in [1.82, 2.24) is 10.6 Å². The summed E-state index contributed by atoms with van der Waals surface area (Å²) in [5, 5.41) is 10.8. The number of rotatable bonds is 8. The highest BCUT2D eigenvalue weighted by molar-refractivity contribution is 7.07. The van der Waals surface area contributed by atoms with Gasteiger partial charge in [-0.1, -0.05) is 12.1 Å². The monoisotopic (exact) mass is 347 g/mol. The number of nitrogens with one attached hydrogen (secondary N) is 2. The van der Waals surface area contributed by atoms with Crippen LogP contribution in [0.2, 0.25) is 0 Å². The predicted molar refractivity (Wildman–Crippen MR) is 99.9 cm³/mol. The summed E-state index contributed by atoms with van der Waals surface area (Å²) in [5.41, 5.74) is 3.52. The average Bonchev–Trinajstić information content (AvgIpc) is 3.10. The van der Waals surface area contributed by atoms with Crippen LogP contribution in [0.3, 0.4) is 0 Å². The number of guanidine groups is 1. The van der Waals surface area contributed by atoms with Gasteiger partial charge in [-0.3, -0.25) is 4.99 Å². The average molecular weight is 347 g/mol. The second-order valence-electron chi connectivity index (χ2n) is 5.36. The number of thiophene rings is 1. The first kappa shape index (κ1) is 18.3. The Labute approximate surface area is 147 Å². The van der Waals surface area contributed by atoms with Crippen LogP contribution in [0, 0.1) is 6.92 Å². The van der Waals surface area contributed by atoms with Gasteiger partial charge in [0.15, 0.2) is 5.96 Å². The second-order valence-corrected chi connectivity index (χ2v) is 6.14. The Bertz CT molecular complexity index is 642. The zero-order chi connectivity index (χ0) is 17.2. The SMILES string of the molecule is CN=C(NCc1ccsc1)NCc1ccc(C)cc1OCCOC. The van der Waals surface area contributed by atoms with Crippen molar-refractivity contribution in [3.05, 3.63) is 51.7 Å². The number of ether oxygens (including phenoxy) is 2. The van der Waals surface area contributed by atoms with Crippen LogP contribution in [0.25, 0.3) is 0 Å². The Morgan fingerprint density at radius 3 is 2.71 bits per heavy atom. The normalized spacial score (nSPS) is 11.4. The summed E-state index contributed by atoms with van der Waals surface area (Å²) in [5.74, 6) is 1.65. The van der Waals surface area contributed by atoms with Crippen LogP contribution in [0.1, 0.15) is 16.7 Å². The van der Waals surface area contributed by atoms with Crippen molar-refractivity contribution in [2.75, 3.05) is 27.4 Å². The first-order chi connectivity index (χ1) is 11.7. The van der Waals surface area contributed by atoms with Crippen molar-refractivity contribution < 1.29 is 9.47 Å². The van der Waals surface area contributed by atoms with E-state index in [0.717, 1.165) is 23.8 Å². The van der Waals surface area contributed by atoms with E-state index in [2.05, 4.69) is 51.5 Å². The van der Waals surface area contributed by atoms with Gasteiger partial charge < -0.3 is 20.1 Å². The van der Waals surface area contributed by atoms with Crippen molar-refractivity contribution >= 4 is 17.3 Å². The smallest absolute Gasteiger partial charge is 0.191 e. The highest BCUT2D eigenvalue weighted by Gasteiger charge is 2.06. The first-order valence-corrected chi connectivity index (χ1v) is 8.84. The van der Waals surface area contributed by atoms with Gasteiger partial charge in [-0.2, -0.15) is 11.3 Å². The minimum Gasteiger partial charge on any atom is -0.491 e. The Balaban J connectivity index is 1.91. The molecule has 0 aliphatic rings. The van der Waals surface area contributed by atoms with Gasteiger partial charge in [0, 0.05) is 32.8 Å². The highest BCUT2D eigenvalue weighted by atomic mass is 32.1. The van der Waals surface area contributed by atoms with Gasteiger partial charge in [0.05, 0.1) is 6.61 Å². The van der Waals surface area contributed by atoms with E-state index in [1.165, 1.54) is 11.1 Å². The molecule has 2 aromatic rings. The van der Waals surface area contributed by atoms with E-state index < -0.39 is 0 Å². The van der Waals surface area contributed by atoms with Crippen LogP contribution < -0.4 is 15.4 Å². The lowest BCUT2D eigenvalue weighted by Gasteiger charge is -2.15. The third kappa shape index (κ3) is 5.86. The minimum absolute atomic E-state index is 0.540. The predicted octanol–water partition coefficient (Wildman–Crippen LogP) is 2.95. The van der Waals surface area contributed by atoms with Gasteiger partial charge in [0.2, 0.25) is 0 Å². The van der Waals surface area contributed by atoms with Gasteiger partial charge in [0.25, 0.3) is 0 Å². The quantitative estimate of drug-likeness (QED) is 0.438. The number of aliphatic imine (C=N–C) groups is 1. The van der Waals surface area contributed by atoms with Crippen molar-refractivity contribution in [1.29, 1.82) is 0 Å². The molecule has 0 aliphatic carbocycles. The molecule has 1 aromatic carbocycles. The summed E-state index contributed by atoms with van der Waals surface area (Å²) >= 11 is 1.69. The maximum atomic E-state index is 5.82. The molecule has 0 unspecified atom stereocenters. The van der Waals surface area contributed by atoms with Crippen LogP contribution in [-0.4, -0.2) is 33.3 Å². The van der Waals surface area contributed by atoms with Crippen LogP contribution in [-0.2, 0) is 17.8 Å². The van der Waals surface area contributed by atoms with Crippen molar-refractivity contribution in [3.63, 3.8) is 0 Å². The van der Waals surface area contributed by atoms with Crippen molar-refractivity contribution in [2.24, 2.45) is 4.99 Å². The van der Waals surface area contributed by atoms with Crippen LogP contribution in [0.5, 0.6) is 5.75 Å². The molecule has 5 nitrogen and oxygen atoms in total. The lowest BCUT2D eigenvalue weighted by molar-refractivity contribution is 0.145. The molecule has 0 saturated carbocycles.